The maximum atomic E-state index is 13.0. The van der Waals surface area contributed by atoms with Gasteiger partial charge in [0.1, 0.15) is 17.2 Å². The Hall–Kier alpha value is -2.67. The lowest BCUT2D eigenvalue weighted by Gasteiger charge is -2.12. The molecule has 0 amide bonds. The Balaban J connectivity index is 2.29. The van der Waals surface area contributed by atoms with E-state index in [4.69, 9.17) is 13.9 Å². The van der Waals surface area contributed by atoms with Crippen molar-refractivity contribution in [2.75, 3.05) is 20.8 Å². The van der Waals surface area contributed by atoms with Crippen molar-refractivity contribution in [1.82, 2.24) is 9.55 Å². The second-order valence-corrected chi connectivity index (χ2v) is 6.05. The van der Waals surface area contributed by atoms with E-state index in [1.165, 1.54) is 7.11 Å². The van der Waals surface area contributed by atoms with E-state index in [-0.39, 0.29) is 22.1 Å². The van der Waals surface area contributed by atoms with E-state index >= 15 is 0 Å². The largest absolute Gasteiger partial charge is 0.497 e. The first-order valence-corrected chi connectivity index (χ1v) is 8.64. The molecule has 2 aromatic heterocycles. The van der Waals surface area contributed by atoms with Crippen LogP contribution in [0.2, 0.25) is 0 Å². The molecule has 3 rings (SSSR count). The van der Waals surface area contributed by atoms with Crippen LogP contribution in [0, 0.1) is 0 Å². The molecular weight excluding hydrogens is 336 g/mol. The topological polar surface area (TPSA) is 83.6 Å². The van der Waals surface area contributed by atoms with Crippen LogP contribution < -0.4 is 15.7 Å². The molecule has 7 heteroatoms. The summed E-state index contributed by atoms with van der Waals surface area (Å²) in [6.07, 6.45) is 2.11. The zero-order valence-corrected chi connectivity index (χ0v) is 15.2. The summed E-state index contributed by atoms with van der Waals surface area (Å²) in [5.41, 5.74) is -0.300. The number of benzene rings is 1. The van der Waals surface area contributed by atoms with Crippen molar-refractivity contribution in [2.24, 2.45) is 0 Å². The highest BCUT2D eigenvalue weighted by Crippen LogP contribution is 2.21. The zero-order chi connectivity index (χ0) is 18.7. The first kappa shape index (κ1) is 18.1. The van der Waals surface area contributed by atoms with Crippen molar-refractivity contribution in [1.29, 1.82) is 0 Å². The second-order valence-electron chi connectivity index (χ2n) is 6.05. The average Bonchev–Trinajstić information content (AvgIpc) is 2.64. The normalized spacial score (nSPS) is 11.3. The van der Waals surface area contributed by atoms with Crippen LogP contribution in [-0.4, -0.2) is 30.4 Å². The van der Waals surface area contributed by atoms with Crippen molar-refractivity contribution in [2.45, 2.75) is 32.7 Å². The Kier molecular flexibility index (Phi) is 5.37. The zero-order valence-electron chi connectivity index (χ0n) is 15.2. The van der Waals surface area contributed by atoms with Gasteiger partial charge in [0.15, 0.2) is 5.39 Å². The third-order valence-corrected chi connectivity index (χ3v) is 4.29. The first-order valence-electron chi connectivity index (χ1n) is 8.64. The van der Waals surface area contributed by atoms with Crippen LogP contribution in [-0.2, 0) is 17.7 Å². The van der Waals surface area contributed by atoms with E-state index in [9.17, 15) is 9.59 Å². The molecule has 0 spiro atoms. The number of ether oxygens (including phenoxy) is 2. The van der Waals surface area contributed by atoms with Gasteiger partial charge < -0.3 is 13.9 Å². The van der Waals surface area contributed by atoms with Gasteiger partial charge in [-0.2, -0.15) is 4.98 Å². The molecule has 0 aliphatic carbocycles. The minimum absolute atomic E-state index is 0.0139. The Morgan fingerprint density at radius 1 is 1.23 bits per heavy atom. The summed E-state index contributed by atoms with van der Waals surface area (Å²) in [4.78, 5) is 30.4. The maximum Gasteiger partial charge on any atom is 0.268 e. The number of methoxy groups -OCH3 is 2. The van der Waals surface area contributed by atoms with Gasteiger partial charge in [-0.1, -0.05) is 6.92 Å². The van der Waals surface area contributed by atoms with Crippen LogP contribution >= 0.6 is 0 Å². The Labute approximate surface area is 150 Å². The van der Waals surface area contributed by atoms with Crippen LogP contribution in [0.15, 0.2) is 32.2 Å². The maximum absolute atomic E-state index is 13.0. The van der Waals surface area contributed by atoms with E-state index < -0.39 is 0 Å². The molecule has 0 atom stereocenters. The second kappa shape index (κ2) is 7.70. The average molecular weight is 358 g/mol. The van der Waals surface area contributed by atoms with Crippen LogP contribution in [0.4, 0.5) is 0 Å². The van der Waals surface area contributed by atoms with E-state index in [0.717, 1.165) is 6.42 Å². The fourth-order valence-corrected chi connectivity index (χ4v) is 3.00. The standard InChI is InChI=1S/C19H22N2O5/c1-4-6-15-20-18-16(19(23)21(15)9-5-10-24-2)17(22)13-8-7-12(25-3)11-14(13)26-18/h7-8,11H,4-6,9-10H2,1-3H3. The van der Waals surface area contributed by atoms with E-state index in [2.05, 4.69) is 4.98 Å². The smallest absolute Gasteiger partial charge is 0.268 e. The van der Waals surface area contributed by atoms with Gasteiger partial charge in [-0.15, -0.1) is 0 Å². The van der Waals surface area contributed by atoms with Gasteiger partial charge in [0.25, 0.3) is 5.56 Å². The third-order valence-electron chi connectivity index (χ3n) is 4.29. The lowest BCUT2D eigenvalue weighted by atomic mass is 10.2. The summed E-state index contributed by atoms with van der Waals surface area (Å²) in [5.74, 6) is 1.19. The van der Waals surface area contributed by atoms with Gasteiger partial charge in [-0.3, -0.25) is 14.2 Å². The van der Waals surface area contributed by atoms with Gasteiger partial charge in [-0.05, 0) is 25.0 Å². The van der Waals surface area contributed by atoms with Crippen molar-refractivity contribution < 1.29 is 13.9 Å². The predicted octanol–water partition coefficient (Wildman–Crippen LogP) is 2.50. The first-order chi connectivity index (χ1) is 12.6. The predicted molar refractivity (Wildman–Crippen MR) is 99.1 cm³/mol. The van der Waals surface area contributed by atoms with E-state index in [1.54, 1.807) is 29.9 Å². The number of aryl methyl sites for hydroxylation is 1. The van der Waals surface area contributed by atoms with Crippen molar-refractivity contribution in [3.63, 3.8) is 0 Å². The number of fused-ring (bicyclic) bond motifs is 2. The molecule has 7 nitrogen and oxygen atoms in total. The molecule has 0 unspecified atom stereocenters. The summed E-state index contributed by atoms with van der Waals surface area (Å²) in [6.45, 7) is 2.99. The van der Waals surface area contributed by atoms with Gasteiger partial charge >= 0.3 is 0 Å². The van der Waals surface area contributed by atoms with Crippen molar-refractivity contribution in [3.8, 4) is 5.75 Å². The van der Waals surface area contributed by atoms with Crippen molar-refractivity contribution >= 4 is 22.1 Å². The summed E-state index contributed by atoms with van der Waals surface area (Å²) in [5, 5.41) is 0.323. The van der Waals surface area contributed by atoms with Crippen LogP contribution in [0.25, 0.3) is 22.1 Å². The molecule has 0 aliphatic heterocycles. The molecule has 0 fully saturated rings. The highest BCUT2D eigenvalue weighted by molar-refractivity contribution is 5.88. The third kappa shape index (κ3) is 3.22. The molecule has 0 aliphatic rings. The van der Waals surface area contributed by atoms with E-state index in [1.807, 2.05) is 6.92 Å². The highest BCUT2D eigenvalue weighted by Gasteiger charge is 2.17. The SMILES string of the molecule is CCCc1nc2oc3cc(OC)ccc3c(=O)c2c(=O)n1CCCOC. The van der Waals surface area contributed by atoms with Gasteiger partial charge in [0.05, 0.1) is 12.5 Å². The van der Waals surface area contributed by atoms with Crippen LogP contribution in [0.5, 0.6) is 5.75 Å². The minimum atomic E-state index is -0.370. The molecule has 0 bridgehead atoms. The quantitative estimate of drug-likeness (QED) is 0.477. The molecule has 3 aromatic rings. The molecule has 1 aromatic carbocycles. The van der Waals surface area contributed by atoms with E-state index in [0.29, 0.717) is 48.5 Å². The van der Waals surface area contributed by atoms with Gasteiger partial charge in [-0.25, -0.2) is 0 Å². The molecule has 0 N–H and O–H groups in total. The number of nitrogens with zero attached hydrogens (tertiary/aromatic N) is 2. The van der Waals surface area contributed by atoms with Crippen molar-refractivity contribution in [3.05, 3.63) is 44.6 Å². The summed E-state index contributed by atoms with van der Waals surface area (Å²) in [6, 6.07) is 4.90. The fourth-order valence-electron chi connectivity index (χ4n) is 3.00. The number of hydrogen-bond acceptors (Lipinski definition) is 6. The summed E-state index contributed by atoms with van der Waals surface area (Å²) < 4.78 is 17.6. The van der Waals surface area contributed by atoms with Gasteiger partial charge in [0.2, 0.25) is 11.1 Å². The molecular formula is C19H22N2O5. The molecule has 0 radical (unpaired) electrons. The minimum Gasteiger partial charge on any atom is -0.497 e. The summed E-state index contributed by atoms with van der Waals surface area (Å²) in [7, 11) is 3.15. The Bertz CT molecular complexity index is 1050. The fraction of sp³-hybridized carbons (Fsp3) is 0.421. The van der Waals surface area contributed by atoms with Crippen LogP contribution in [0.3, 0.4) is 0 Å². The lowest BCUT2D eigenvalue weighted by Crippen LogP contribution is -2.29. The number of hydrogen-bond donors (Lipinski definition) is 0. The lowest BCUT2D eigenvalue weighted by molar-refractivity contribution is 0.189. The molecule has 26 heavy (non-hydrogen) atoms. The molecule has 138 valence electrons. The highest BCUT2D eigenvalue weighted by atomic mass is 16.5. The Morgan fingerprint density at radius 3 is 2.73 bits per heavy atom. The monoisotopic (exact) mass is 358 g/mol. The van der Waals surface area contributed by atoms with Crippen LogP contribution in [0.1, 0.15) is 25.6 Å². The Morgan fingerprint density at radius 2 is 2.04 bits per heavy atom. The van der Waals surface area contributed by atoms with Gasteiger partial charge in [0, 0.05) is 32.7 Å². The number of rotatable bonds is 7. The summed E-state index contributed by atoms with van der Waals surface area (Å²) >= 11 is 0. The number of aromatic nitrogens is 2. The molecule has 2 heterocycles. The molecule has 0 saturated carbocycles. The molecule has 0 saturated heterocycles.